The molecule has 3 heterocycles. The maximum Gasteiger partial charge on any atom is 0.338 e. The molecule has 0 aliphatic carbocycles. The van der Waals surface area contributed by atoms with Gasteiger partial charge in [0, 0.05) is 18.2 Å². The molecular formula is C31H25N3O5S. The van der Waals surface area contributed by atoms with Crippen LogP contribution in [0.2, 0.25) is 0 Å². The van der Waals surface area contributed by atoms with E-state index < -0.39 is 17.6 Å². The molecular weight excluding hydrogens is 526 g/mol. The second-order valence-electron chi connectivity index (χ2n) is 9.28. The van der Waals surface area contributed by atoms with Gasteiger partial charge in [0.25, 0.3) is 11.5 Å². The Morgan fingerprint density at radius 1 is 0.975 bits per heavy atom. The number of likely N-dealkylation sites (N-methyl/N-ethyl adjacent to an activating group) is 1. The third-order valence-corrected chi connectivity index (χ3v) is 8.11. The zero-order chi connectivity index (χ0) is 28.0. The number of nitrogens with zero attached hydrogens (tertiary/aromatic N) is 3. The summed E-state index contributed by atoms with van der Waals surface area (Å²) in [5.41, 5.74) is 3.42. The first-order chi connectivity index (χ1) is 19.4. The number of para-hydroxylation sites is 1. The highest BCUT2D eigenvalue weighted by molar-refractivity contribution is 7.07. The third-order valence-electron chi connectivity index (χ3n) is 7.06. The lowest BCUT2D eigenvalue weighted by molar-refractivity contribution is -0.138. The maximum absolute atomic E-state index is 14.3. The number of rotatable bonds is 5. The fraction of sp³-hybridized carbons (Fsp3) is 0.161. The number of hydrogen-bond donors (Lipinski definition) is 0. The lowest BCUT2D eigenvalue weighted by atomic mass is 9.93. The summed E-state index contributed by atoms with van der Waals surface area (Å²) in [4.78, 5) is 48.1. The van der Waals surface area contributed by atoms with Crippen molar-refractivity contribution in [3.63, 3.8) is 0 Å². The van der Waals surface area contributed by atoms with Gasteiger partial charge in [-0.25, -0.2) is 9.79 Å². The molecule has 1 aromatic heterocycles. The van der Waals surface area contributed by atoms with Crippen LogP contribution in [0.1, 0.15) is 29.7 Å². The van der Waals surface area contributed by atoms with E-state index in [4.69, 9.17) is 14.5 Å². The van der Waals surface area contributed by atoms with Gasteiger partial charge in [0.1, 0.15) is 10.3 Å². The van der Waals surface area contributed by atoms with Gasteiger partial charge in [-0.15, -0.1) is 0 Å². The minimum Gasteiger partial charge on any atom is -0.497 e. The third kappa shape index (κ3) is 3.97. The van der Waals surface area contributed by atoms with Gasteiger partial charge in [0.2, 0.25) is 0 Å². The van der Waals surface area contributed by atoms with E-state index in [2.05, 4.69) is 0 Å². The van der Waals surface area contributed by atoms with Crippen LogP contribution in [-0.2, 0) is 14.3 Å². The Kier molecular flexibility index (Phi) is 6.43. The maximum atomic E-state index is 14.3. The quantitative estimate of drug-likeness (QED) is 0.355. The van der Waals surface area contributed by atoms with Crippen LogP contribution >= 0.6 is 11.3 Å². The number of methoxy groups -OCH3 is 1. The standard InChI is InChI=1S/C31H25N3O5S/c1-4-39-30(37)24-25(18-10-6-5-7-11-18)32-31-34(26(24)19-14-16-20(38-3)17-15-19)29(36)27(40-31)23-21-12-8-9-13-22(21)33(2)28(23)35/h5-17,26H,4H2,1-3H3/b27-23-/t26-/m1/s1. The molecule has 0 spiro atoms. The zero-order valence-corrected chi connectivity index (χ0v) is 22.9. The Morgan fingerprint density at radius 2 is 1.68 bits per heavy atom. The molecule has 200 valence electrons. The number of aromatic nitrogens is 1. The SMILES string of the molecule is CCOC(=O)C1=C(c2ccccc2)N=c2s/c(=C3\C(=O)N(C)c4ccccc43)c(=O)n2[C@@H]1c1ccc(OC)cc1. The predicted octanol–water partition coefficient (Wildman–Crippen LogP) is 3.29. The first kappa shape index (κ1) is 25.5. The minimum absolute atomic E-state index is 0.159. The number of ether oxygens (including phenoxy) is 2. The van der Waals surface area contributed by atoms with Crippen LogP contribution in [0.3, 0.4) is 0 Å². The molecule has 9 heteroatoms. The number of esters is 1. The highest BCUT2D eigenvalue weighted by atomic mass is 32.1. The van der Waals surface area contributed by atoms with Crippen LogP contribution in [0.25, 0.3) is 11.3 Å². The van der Waals surface area contributed by atoms with Crippen molar-refractivity contribution in [2.45, 2.75) is 13.0 Å². The van der Waals surface area contributed by atoms with Crippen LogP contribution in [0.15, 0.2) is 94.2 Å². The van der Waals surface area contributed by atoms with Crippen LogP contribution in [0.4, 0.5) is 5.69 Å². The molecule has 2 aliphatic heterocycles. The Bertz CT molecular complexity index is 1870. The fourth-order valence-corrected chi connectivity index (χ4v) is 6.27. The predicted molar refractivity (Wildman–Crippen MR) is 153 cm³/mol. The molecule has 8 nitrogen and oxygen atoms in total. The Hall–Kier alpha value is -4.76. The Morgan fingerprint density at radius 3 is 2.38 bits per heavy atom. The molecule has 0 fully saturated rings. The Labute approximate surface area is 233 Å². The summed E-state index contributed by atoms with van der Waals surface area (Å²) in [5, 5.41) is 0. The van der Waals surface area contributed by atoms with E-state index >= 15 is 0 Å². The van der Waals surface area contributed by atoms with E-state index in [-0.39, 0.29) is 22.6 Å². The molecule has 0 bridgehead atoms. The second-order valence-corrected chi connectivity index (χ2v) is 10.3. The summed E-state index contributed by atoms with van der Waals surface area (Å²) >= 11 is 1.15. The number of thiazole rings is 1. The molecule has 0 unspecified atom stereocenters. The van der Waals surface area contributed by atoms with Crippen LogP contribution in [-0.4, -0.2) is 37.2 Å². The molecule has 6 rings (SSSR count). The molecule has 0 radical (unpaired) electrons. The van der Waals surface area contributed by atoms with Gasteiger partial charge in [-0.3, -0.25) is 14.2 Å². The van der Waals surface area contributed by atoms with Crippen molar-refractivity contribution in [2.24, 2.45) is 4.99 Å². The van der Waals surface area contributed by atoms with Crippen molar-refractivity contribution >= 4 is 40.2 Å². The monoisotopic (exact) mass is 551 g/mol. The summed E-state index contributed by atoms with van der Waals surface area (Å²) in [5.74, 6) is -0.189. The molecule has 4 aromatic rings. The number of amides is 1. The lowest BCUT2D eigenvalue weighted by Gasteiger charge is -2.26. The largest absolute Gasteiger partial charge is 0.497 e. The second kappa shape index (κ2) is 10.1. The van der Waals surface area contributed by atoms with E-state index in [0.717, 1.165) is 17.0 Å². The van der Waals surface area contributed by atoms with Crippen molar-refractivity contribution < 1.29 is 19.1 Å². The average molecular weight is 552 g/mol. The summed E-state index contributed by atoms with van der Waals surface area (Å²) in [6.45, 7) is 1.89. The van der Waals surface area contributed by atoms with Gasteiger partial charge >= 0.3 is 5.97 Å². The van der Waals surface area contributed by atoms with Crippen molar-refractivity contribution in [3.8, 4) is 5.75 Å². The highest BCUT2D eigenvalue weighted by Crippen LogP contribution is 2.37. The zero-order valence-electron chi connectivity index (χ0n) is 22.1. The first-order valence-corrected chi connectivity index (χ1v) is 13.6. The lowest BCUT2D eigenvalue weighted by Crippen LogP contribution is -2.40. The van der Waals surface area contributed by atoms with E-state index in [1.807, 2.05) is 66.7 Å². The average Bonchev–Trinajstić information content (AvgIpc) is 3.44. The van der Waals surface area contributed by atoms with Gasteiger partial charge in [-0.1, -0.05) is 72.0 Å². The number of anilines is 1. The van der Waals surface area contributed by atoms with Gasteiger partial charge in [-0.2, -0.15) is 0 Å². The normalized spacial score (nSPS) is 17.3. The van der Waals surface area contributed by atoms with Gasteiger partial charge in [0.05, 0.1) is 42.3 Å². The summed E-state index contributed by atoms with van der Waals surface area (Å²) < 4.78 is 12.6. The van der Waals surface area contributed by atoms with E-state index in [9.17, 15) is 14.4 Å². The molecule has 40 heavy (non-hydrogen) atoms. The van der Waals surface area contributed by atoms with Crippen LogP contribution < -0.4 is 24.5 Å². The first-order valence-electron chi connectivity index (χ1n) is 12.8. The number of benzene rings is 3. The number of fused-ring (bicyclic) bond motifs is 2. The van der Waals surface area contributed by atoms with Gasteiger partial charge in [0.15, 0.2) is 4.80 Å². The molecule has 1 atom stereocenters. The number of carbonyl (C=O) groups excluding carboxylic acids is 2. The summed E-state index contributed by atoms with van der Waals surface area (Å²) in [6.07, 6.45) is 0. The van der Waals surface area contributed by atoms with Crippen molar-refractivity contribution in [1.82, 2.24) is 4.57 Å². The van der Waals surface area contributed by atoms with Crippen LogP contribution in [0.5, 0.6) is 5.75 Å². The summed E-state index contributed by atoms with van der Waals surface area (Å²) in [6, 6.07) is 23.1. The Balaban J connectivity index is 1.71. The van der Waals surface area contributed by atoms with E-state index in [0.29, 0.717) is 38.5 Å². The van der Waals surface area contributed by atoms with E-state index in [1.165, 1.54) is 4.57 Å². The van der Waals surface area contributed by atoms with Gasteiger partial charge < -0.3 is 14.4 Å². The molecule has 3 aromatic carbocycles. The summed E-state index contributed by atoms with van der Waals surface area (Å²) in [7, 11) is 3.27. The number of hydrogen-bond acceptors (Lipinski definition) is 7. The van der Waals surface area contributed by atoms with Crippen molar-refractivity contribution in [3.05, 3.63) is 121 Å². The fourth-order valence-electron chi connectivity index (χ4n) is 5.18. The molecule has 2 aliphatic rings. The number of carbonyl (C=O) groups is 2. The van der Waals surface area contributed by atoms with Crippen molar-refractivity contribution in [1.29, 1.82) is 0 Å². The van der Waals surface area contributed by atoms with Crippen molar-refractivity contribution in [2.75, 3.05) is 25.7 Å². The molecule has 1 amide bonds. The highest BCUT2D eigenvalue weighted by Gasteiger charge is 2.37. The van der Waals surface area contributed by atoms with Crippen LogP contribution in [0, 0.1) is 0 Å². The molecule has 0 saturated heterocycles. The van der Waals surface area contributed by atoms with Gasteiger partial charge in [-0.05, 0) is 30.7 Å². The minimum atomic E-state index is -0.838. The molecule has 0 saturated carbocycles. The topological polar surface area (TPSA) is 90.2 Å². The van der Waals surface area contributed by atoms with E-state index in [1.54, 1.807) is 38.1 Å². The smallest absolute Gasteiger partial charge is 0.338 e. The molecule has 0 N–H and O–H groups in total.